The van der Waals surface area contributed by atoms with Crippen LogP contribution in [0, 0.1) is 12.7 Å². The molecule has 3 nitrogen and oxygen atoms in total. The molecule has 0 fully saturated rings. The Kier molecular flexibility index (Phi) is 4.34. The van der Waals surface area contributed by atoms with E-state index >= 15 is 0 Å². The lowest BCUT2D eigenvalue weighted by atomic mass is 10.1. The molecule has 1 amide bonds. The first-order chi connectivity index (χ1) is 12.1. The molecule has 2 heterocycles. The summed E-state index contributed by atoms with van der Waals surface area (Å²) in [5, 5.41) is 2.97. The van der Waals surface area contributed by atoms with Crippen LogP contribution in [0.5, 0.6) is 0 Å². The SMILES string of the molecule is Cc1sc2c3c([nH]c2c1C(=O)NCc1ccc(F)cc1)CCCCC3. The number of H-pyrrole nitrogens is 1. The number of carbonyl (C=O) groups excluding carboxylic acids is 1. The van der Waals surface area contributed by atoms with Crippen LogP contribution in [0.4, 0.5) is 4.39 Å². The highest BCUT2D eigenvalue weighted by atomic mass is 32.1. The van der Waals surface area contributed by atoms with Crippen LogP contribution >= 0.6 is 11.3 Å². The van der Waals surface area contributed by atoms with Gasteiger partial charge in [0.15, 0.2) is 0 Å². The van der Waals surface area contributed by atoms with Gasteiger partial charge in [-0.15, -0.1) is 11.3 Å². The van der Waals surface area contributed by atoms with Crippen molar-refractivity contribution in [2.24, 2.45) is 0 Å². The molecule has 1 aliphatic carbocycles. The van der Waals surface area contributed by atoms with E-state index in [1.165, 1.54) is 47.4 Å². The molecule has 1 aromatic carbocycles. The second-order valence-electron chi connectivity index (χ2n) is 6.69. The summed E-state index contributed by atoms with van der Waals surface area (Å²) in [6, 6.07) is 6.22. The predicted molar refractivity (Wildman–Crippen MR) is 99.7 cm³/mol. The molecule has 0 unspecified atom stereocenters. The number of amides is 1. The topological polar surface area (TPSA) is 44.9 Å². The molecule has 130 valence electrons. The summed E-state index contributed by atoms with van der Waals surface area (Å²) in [4.78, 5) is 17.3. The van der Waals surface area contributed by atoms with Crippen molar-refractivity contribution in [1.29, 1.82) is 0 Å². The number of fused-ring (bicyclic) bond motifs is 3. The highest BCUT2D eigenvalue weighted by molar-refractivity contribution is 7.19. The number of aromatic amines is 1. The van der Waals surface area contributed by atoms with Gasteiger partial charge in [-0.1, -0.05) is 18.6 Å². The van der Waals surface area contributed by atoms with E-state index in [2.05, 4.69) is 10.3 Å². The third-order valence-corrected chi connectivity index (χ3v) is 6.11. The molecular formula is C20H21FN2OS. The van der Waals surface area contributed by atoms with Gasteiger partial charge in [-0.25, -0.2) is 4.39 Å². The van der Waals surface area contributed by atoms with E-state index < -0.39 is 0 Å². The zero-order valence-corrected chi connectivity index (χ0v) is 15.1. The molecule has 3 aromatic rings. The van der Waals surface area contributed by atoms with E-state index in [0.29, 0.717) is 6.54 Å². The lowest BCUT2D eigenvalue weighted by molar-refractivity contribution is 0.0952. The lowest BCUT2D eigenvalue weighted by Crippen LogP contribution is -2.23. The minimum Gasteiger partial charge on any atom is -0.357 e. The maximum Gasteiger partial charge on any atom is 0.254 e. The van der Waals surface area contributed by atoms with Gasteiger partial charge in [0.1, 0.15) is 5.82 Å². The molecule has 0 spiro atoms. The normalized spacial score (nSPS) is 14.3. The minimum atomic E-state index is -0.265. The molecular weight excluding hydrogens is 335 g/mol. The highest BCUT2D eigenvalue weighted by Gasteiger charge is 2.23. The predicted octanol–water partition coefficient (Wildman–Crippen LogP) is 4.88. The van der Waals surface area contributed by atoms with Crippen molar-refractivity contribution in [3.8, 4) is 0 Å². The van der Waals surface area contributed by atoms with Gasteiger partial charge >= 0.3 is 0 Å². The summed E-state index contributed by atoms with van der Waals surface area (Å²) in [6.07, 6.45) is 5.90. The summed E-state index contributed by atoms with van der Waals surface area (Å²) in [5.74, 6) is -0.331. The molecule has 1 aliphatic rings. The van der Waals surface area contributed by atoms with Gasteiger partial charge in [0, 0.05) is 17.1 Å². The number of hydrogen-bond acceptors (Lipinski definition) is 2. The molecule has 25 heavy (non-hydrogen) atoms. The van der Waals surface area contributed by atoms with Crippen LogP contribution in [-0.4, -0.2) is 10.9 Å². The summed E-state index contributed by atoms with van der Waals surface area (Å²) in [7, 11) is 0. The number of halogens is 1. The standard InChI is InChI=1S/C20H21FN2OS/c1-12-17(20(24)22-11-13-7-9-14(21)10-8-13)18-19(25-12)15-5-3-2-4-6-16(15)23-18/h7-10,23H,2-6,11H2,1H3,(H,22,24). The number of hydrogen-bond donors (Lipinski definition) is 2. The van der Waals surface area contributed by atoms with E-state index in [9.17, 15) is 9.18 Å². The average molecular weight is 356 g/mol. The monoisotopic (exact) mass is 356 g/mol. The molecule has 2 N–H and O–H groups in total. The number of aryl methyl sites for hydroxylation is 3. The molecule has 5 heteroatoms. The first-order valence-electron chi connectivity index (χ1n) is 8.79. The van der Waals surface area contributed by atoms with Crippen LogP contribution in [0.15, 0.2) is 24.3 Å². The van der Waals surface area contributed by atoms with Crippen LogP contribution < -0.4 is 5.32 Å². The Hall–Kier alpha value is -2.14. The first-order valence-corrected chi connectivity index (χ1v) is 9.60. The number of aromatic nitrogens is 1. The van der Waals surface area contributed by atoms with Gasteiger partial charge in [-0.2, -0.15) is 0 Å². The van der Waals surface area contributed by atoms with Crippen molar-refractivity contribution >= 4 is 27.5 Å². The van der Waals surface area contributed by atoms with E-state index in [4.69, 9.17) is 0 Å². The Morgan fingerprint density at radius 3 is 2.76 bits per heavy atom. The fourth-order valence-electron chi connectivity index (χ4n) is 3.64. The second-order valence-corrected chi connectivity index (χ2v) is 7.91. The molecule has 0 radical (unpaired) electrons. The molecule has 0 saturated carbocycles. The van der Waals surface area contributed by atoms with Gasteiger partial charge in [0.05, 0.1) is 15.8 Å². The van der Waals surface area contributed by atoms with Crippen LogP contribution in [0.2, 0.25) is 0 Å². The third-order valence-electron chi connectivity index (χ3n) is 4.95. The maximum absolute atomic E-state index is 13.0. The number of rotatable bonds is 3. The molecule has 4 rings (SSSR count). The summed E-state index contributed by atoms with van der Waals surface area (Å²) in [5.41, 5.74) is 5.37. The Labute approximate surface area is 150 Å². The Balaban J connectivity index is 1.60. The van der Waals surface area contributed by atoms with Crippen molar-refractivity contribution in [3.05, 3.63) is 57.3 Å². The van der Waals surface area contributed by atoms with Crippen LogP contribution in [0.25, 0.3) is 10.2 Å². The zero-order valence-electron chi connectivity index (χ0n) is 14.2. The third kappa shape index (κ3) is 3.09. The van der Waals surface area contributed by atoms with Crippen molar-refractivity contribution in [1.82, 2.24) is 10.3 Å². The van der Waals surface area contributed by atoms with E-state index in [-0.39, 0.29) is 11.7 Å². The largest absolute Gasteiger partial charge is 0.357 e. The van der Waals surface area contributed by atoms with E-state index in [0.717, 1.165) is 34.4 Å². The van der Waals surface area contributed by atoms with Crippen molar-refractivity contribution in [3.63, 3.8) is 0 Å². The van der Waals surface area contributed by atoms with Crippen molar-refractivity contribution in [2.75, 3.05) is 0 Å². The van der Waals surface area contributed by atoms with Crippen molar-refractivity contribution < 1.29 is 9.18 Å². The van der Waals surface area contributed by atoms with Crippen LogP contribution in [0.3, 0.4) is 0 Å². The first kappa shape index (κ1) is 16.3. The van der Waals surface area contributed by atoms with E-state index in [1.807, 2.05) is 6.92 Å². The smallest absolute Gasteiger partial charge is 0.254 e. The van der Waals surface area contributed by atoms with Crippen LogP contribution in [-0.2, 0) is 19.4 Å². The van der Waals surface area contributed by atoms with E-state index in [1.54, 1.807) is 23.5 Å². The van der Waals surface area contributed by atoms with Gasteiger partial charge < -0.3 is 10.3 Å². The molecule has 0 aliphatic heterocycles. The molecule has 0 bridgehead atoms. The van der Waals surface area contributed by atoms with Gasteiger partial charge in [-0.05, 0) is 55.9 Å². The summed E-state index contributed by atoms with van der Waals surface area (Å²) in [6.45, 7) is 2.41. The fourth-order valence-corrected chi connectivity index (χ4v) is 4.85. The van der Waals surface area contributed by atoms with Gasteiger partial charge in [0.25, 0.3) is 5.91 Å². The zero-order chi connectivity index (χ0) is 17.4. The Morgan fingerprint density at radius 1 is 1.20 bits per heavy atom. The number of nitrogens with one attached hydrogen (secondary N) is 2. The minimum absolute atomic E-state index is 0.0653. The average Bonchev–Trinajstić information content (AvgIpc) is 2.97. The second kappa shape index (κ2) is 6.64. The Morgan fingerprint density at radius 2 is 1.96 bits per heavy atom. The summed E-state index contributed by atoms with van der Waals surface area (Å²) < 4.78 is 14.2. The van der Waals surface area contributed by atoms with Crippen molar-refractivity contribution in [2.45, 2.75) is 45.6 Å². The van der Waals surface area contributed by atoms with Crippen LogP contribution in [0.1, 0.15) is 51.3 Å². The molecule has 2 aromatic heterocycles. The quantitative estimate of drug-likeness (QED) is 0.646. The van der Waals surface area contributed by atoms with Gasteiger partial charge in [-0.3, -0.25) is 4.79 Å². The number of thiophene rings is 1. The molecule has 0 atom stereocenters. The number of carbonyl (C=O) groups is 1. The Bertz CT molecular complexity index is 923. The fraction of sp³-hybridized carbons (Fsp3) is 0.350. The lowest BCUT2D eigenvalue weighted by Gasteiger charge is -2.06. The highest BCUT2D eigenvalue weighted by Crippen LogP contribution is 2.37. The van der Waals surface area contributed by atoms with Gasteiger partial charge in [0.2, 0.25) is 0 Å². The maximum atomic E-state index is 13.0. The number of benzene rings is 1. The summed E-state index contributed by atoms with van der Waals surface area (Å²) >= 11 is 1.72. The molecule has 0 saturated heterocycles.